The fourth-order valence-electron chi connectivity index (χ4n) is 4.82. The van der Waals surface area contributed by atoms with Crippen molar-refractivity contribution in [3.05, 3.63) is 58.6 Å². The van der Waals surface area contributed by atoms with Crippen molar-refractivity contribution in [3.8, 4) is 11.1 Å². The first-order chi connectivity index (χ1) is 14.1. The van der Waals surface area contributed by atoms with Crippen LogP contribution in [0.3, 0.4) is 0 Å². The minimum atomic E-state index is -0.0720. The molecule has 0 saturated heterocycles. The Morgan fingerprint density at radius 1 is 1.03 bits per heavy atom. The van der Waals surface area contributed by atoms with Crippen molar-refractivity contribution in [2.45, 2.75) is 46.1 Å². The van der Waals surface area contributed by atoms with Gasteiger partial charge in [-0.15, -0.1) is 10.2 Å². The third-order valence-corrected chi connectivity index (χ3v) is 6.67. The molecule has 1 fully saturated rings. The Hall–Kier alpha value is -3.02. The van der Waals surface area contributed by atoms with E-state index in [1.54, 1.807) is 4.52 Å². The first-order valence-electron chi connectivity index (χ1n) is 10.4. The molecule has 0 unspecified atom stereocenters. The highest BCUT2D eigenvalue weighted by Crippen LogP contribution is 2.37. The molecule has 4 aromatic rings. The average Bonchev–Trinajstić information content (AvgIpc) is 3.07. The zero-order chi connectivity index (χ0) is 20.1. The van der Waals surface area contributed by atoms with Crippen molar-refractivity contribution in [3.63, 3.8) is 0 Å². The molecule has 3 atom stereocenters. The Bertz CT molecular complexity index is 1260. The molecular weight excluding hydrogens is 362 g/mol. The van der Waals surface area contributed by atoms with Gasteiger partial charge in [-0.25, -0.2) is 4.52 Å². The van der Waals surface area contributed by atoms with Crippen molar-refractivity contribution < 1.29 is 0 Å². The van der Waals surface area contributed by atoms with Crippen molar-refractivity contribution >= 4 is 16.7 Å². The van der Waals surface area contributed by atoms with Gasteiger partial charge < -0.3 is 4.57 Å². The highest BCUT2D eigenvalue weighted by Gasteiger charge is 2.29. The maximum Gasteiger partial charge on any atom is 0.280 e. The number of rotatable bonds is 2. The molecule has 1 saturated carbocycles. The average molecular weight is 387 g/mol. The summed E-state index contributed by atoms with van der Waals surface area (Å²) >= 11 is 0. The first kappa shape index (κ1) is 18.0. The van der Waals surface area contributed by atoms with E-state index >= 15 is 0 Å². The van der Waals surface area contributed by atoms with Crippen LogP contribution in [-0.4, -0.2) is 24.4 Å². The standard InChI is InChI=1S/C23H25N5O/c1-14-8-7-11-18(15(14)2)27-13-12-19-21(23(27)29)24-25-22-20(16(3)26-28(19)22)17-9-5-4-6-10-17/h4-6,9-10,12-15,18H,7-8,11H2,1-3H3/t14-,15+,18-/m1/s1. The fraction of sp³-hybridized carbons (Fsp3) is 0.391. The Morgan fingerprint density at radius 2 is 1.83 bits per heavy atom. The maximum atomic E-state index is 13.3. The molecule has 148 valence electrons. The molecule has 3 heterocycles. The van der Waals surface area contributed by atoms with Crippen LogP contribution in [0.5, 0.6) is 0 Å². The van der Waals surface area contributed by atoms with Gasteiger partial charge in [-0.2, -0.15) is 5.10 Å². The lowest BCUT2D eigenvalue weighted by Gasteiger charge is -2.35. The number of benzene rings is 1. The van der Waals surface area contributed by atoms with Crippen LogP contribution in [-0.2, 0) is 0 Å². The van der Waals surface area contributed by atoms with Crippen molar-refractivity contribution in [2.75, 3.05) is 0 Å². The van der Waals surface area contributed by atoms with Gasteiger partial charge in [0.15, 0.2) is 11.2 Å². The third-order valence-electron chi connectivity index (χ3n) is 6.67. The second kappa shape index (κ2) is 6.79. The van der Waals surface area contributed by atoms with Gasteiger partial charge in [-0.3, -0.25) is 4.79 Å². The van der Waals surface area contributed by atoms with E-state index in [9.17, 15) is 4.79 Å². The largest absolute Gasteiger partial charge is 0.310 e. The number of aromatic nitrogens is 5. The van der Waals surface area contributed by atoms with Crippen LogP contribution in [0.1, 0.15) is 44.8 Å². The SMILES string of the molecule is Cc1nn2c(nnc3c(=O)n([C@@H]4CCC[C@@H](C)[C@@H]4C)ccc32)c1-c1ccccc1. The van der Waals surface area contributed by atoms with Gasteiger partial charge in [0.2, 0.25) is 0 Å². The van der Waals surface area contributed by atoms with Crippen LogP contribution in [0.15, 0.2) is 47.4 Å². The van der Waals surface area contributed by atoms with Crippen molar-refractivity contribution in [1.29, 1.82) is 0 Å². The molecule has 3 aromatic heterocycles. The Balaban J connectivity index is 1.70. The van der Waals surface area contributed by atoms with E-state index in [1.165, 1.54) is 6.42 Å². The summed E-state index contributed by atoms with van der Waals surface area (Å²) in [6, 6.07) is 12.2. The normalized spacial score (nSPS) is 22.4. The maximum absolute atomic E-state index is 13.3. The highest BCUT2D eigenvalue weighted by molar-refractivity contribution is 5.84. The number of hydrogen-bond acceptors (Lipinski definition) is 4. The Morgan fingerprint density at radius 3 is 2.62 bits per heavy atom. The molecule has 0 bridgehead atoms. The van der Waals surface area contributed by atoms with Crippen LogP contribution in [0, 0.1) is 18.8 Å². The molecule has 6 nitrogen and oxygen atoms in total. The molecular formula is C23H25N5O. The van der Waals surface area contributed by atoms with E-state index in [2.05, 4.69) is 24.0 Å². The zero-order valence-electron chi connectivity index (χ0n) is 17.0. The minimum absolute atomic E-state index is 0.0720. The summed E-state index contributed by atoms with van der Waals surface area (Å²) in [5.41, 5.74) is 4.57. The van der Waals surface area contributed by atoms with Crippen LogP contribution < -0.4 is 5.56 Å². The highest BCUT2D eigenvalue weighted by atomic mass is 16.1. The predicted octanol–water partition coefficient (Wildman–Crippen LogP) is 4.41. The molecule has 0 amide bonds. The van der Waals surface area contributed by atoms with E-state index in [0.29, 0.717) is 28.5 Å². The van der Waals surface area contributed by atoms with Gasteiger partial charge in [0, 0.05) is 12.2 Å². The first-order valence-corrected chi connectivity index (χ1v) is 10.4. The quantitative estimate of drug-likeness (QED) is 0.511. The summed E-state index contributed by atoms with van der Waals surface area (Å²) in [6.45, 7) is 6.50. The van der Waals surface area contributed by atoms with Crippen LogP contribution in [0.4, 0.5) is 0 Å². The van der Waals surface area contributed by atoms with Gasteiger partial charge in [0.05, 0.1) is 11.3 Å². The topological polar surface area (TPSA) is 65.1 Å². The van der Waals surface area contributed by atoms with Gasteiger partial charge >= 0.3 is 0 Å². The number of aryl methyl sites for hydroxylation is 1. The predicted molar refractivity (Wildman–Crippen MR) is 114 cm³/mol. The molecule has 1 aliphatic carbocycles. The minimum Gasteiger partial charge on any atom is -0.310 e. The van der Waals surface area contributed by atoms with E-state index in [1.807, 2.05) is 54.1 Å². The van der Waals surface area contributed by atoms with Crippen molar-refractivity contribution in [1.82, 2.24) is 24.4 Å². The molecule has 6 heteroatoms. The molecule has 0 spiro atoms. The third kappa shape index (κ3) is 2.77. The van der Waals surface area contributed by atoms with Gasteiger partial charge in [0.1, 0.15) is 5.52 Å². The van der Waals surface area contributed by atoms with Crippen LogP contribution >= 0.6 is 0 Å². The molecule has 0 aliphatic heterocycles. The number of hydrogen-bond donors (Lipinski definition) is 0. The summed E-state index contributed by atoms with van der Waals surface area (Å²) in [6.07, 6.45) is 5.34. The monoisotopic (exact) mass is 387 g/mol. The summed E-state index contributed by atoms with van der Waals surface area (Å²) < 4.78 is 3.64. The second-order valence-electron chi connectivity index (χ2n) is 8.36. The van der Waals surface area contributed by atoms with Gasteiger partial charge in [-0.1, -0.05) is 57.0 Å². The lowest BCUT2D eigenvalue weighted by Crippen LogP contribution is -2.34. The molecule has 1 aliphatic rings. The summed E-state index contributed by atoms with van der Waals surface area (Å²) in [7, 11) is 0. The summed E-state index contributed by atoms with van der Waals surface area (Å²) in [5, 5.41) is 13.5. The molecule has 1 aromatic carbocycles. The van der Waals surface area contributed by atoms with Gasteiger partial charge in [-0.05, 0) is 36.8 Å². The summed E-state index contributed by atoms with van der Waals surface area (Å²) in [4.78, 5) is 13.3. The molecule has 5 rings (SSSR count). The summed E-state index contributed by atoms with van der Waals surface area (Å²) in [5.74, 6) is 1.08. The number of fused-ring (bicyclic) bond motifs is 3. The lowest BCUT2D eigenvalue weighted by atomic mass is 9.78. The van der Waals surface area contributed by atoms with E-state index in [0.717, 1.165) is 29.7 Å². The fourth-order valence-corrected chi connectivity index (χ4v) is 4.82. The molecule has 0 N–H and O–H groups in total. The smallest absolute Gasteiger partial charge is 0.280 e. The molecule has 0 radical (unpaired) electrons. The lowest BCUT2D eigenvalue weighted by molar-refractivity contribution is 0.183. The number of nitrogens with zero attached hydrogens (tertiary/aromatic N) is 5. The van der Waals surface area contributed by atoms with Crippen molar-refractivity contribution in [2.24, 2.45) is 11.8 Å². The Kier molecular flexibility index (Phi) is 4.23. The molecule has 29 heavy (non-hydrogen) atoms. The van der Waals surface area contributed by atoms with E-state index in [-0.39, 0.29) is 11.6 Å². The number of pyridine rings is 1. The van der Waals surface area contributed by atoms with Gasteiger partial charge in [0.25, 0.3) is 5.56 Å². The van der Waals surface area contributed by atoms with E-state index in [4.69, 9.17) is 5.10 Å². The Labute approximate surface area is 169 Å². The van der Waals surface area contributed by atoms with Crippen LogP contribution in [0.25, 0.3) is 27.8 Å². The van der Waals surface area contributed by atoms with Crippen LogP contribution in [0.2, 0.25) is 0 Å². The second-order valence-corrected chi connectivity index (χ2v) is 8.36. The van der Waals surface area contributed by atoms with E-state index < -0.39 is 0 Å². The zero-order valence-corrected chi connectivity index (χ0v) is 17.0.